The van der Waals surface area contributed by atoms with Crippen molar-refractivity contribution in [3.05, 3.63) is 36.5 Å². The Morgan fingerprint density at radius 2 is 2.24 bits per heavy atom. The summed E-state index contributed by atoms with van der Waals surface area (Å²) in [5.74, 6) is 1.74. The molecule has 0 saturated carbocycles. The maximum Gasteiger partial charge on any atom is 0.213 e. The molecule has 1 atom stereocenters. The minimum Gasteiger partial charge on any atom is -0.473 e. The summed E-state index contributed by atoms with van der Waals surface area (Å²) >= 11 is 1.81. The summed E-state index contributed by atoms with van der Waals surface area (Å²) < 4.78 is 6.10. The van der Waals surface area contributed by atoms with Gasteiger partial charge in [-0.05, 0) is 50.6 Å². The molecule has 0 N–H and O–H groups in total. The zero-order chi connectivity index (χ0) is 14.9. The molecule has 1 aromatic rings. The van der Waals surface area contributed by atoms with E-state index in [1.807, 2.05) is 30.1 Å². The van der Waals surface area contributed by atoms with Gasteiger partial charge in [-0.3, -0.25) is 4.90 Å². The molecule has 116 valence electrons. The lowest BCUT2D eigenvalue weighted by Crippen LogP contribution is -2.34. The quantitative estimate of drug-likeness (QED) is 0.649. The van der Waals surface area contributed by atoms with Crippen LogP contribution in [0.4, 0.5) is 0 Å². The maximum atomic E-state index is 6.10. The first kappa shape index (κ1) is 16.4. The maximum absolute atomic E-state index is 6.10. The van der Waals surface area contributed by atoms with Gasteiger partial charge in [0, 0.05) is 24.6 Å². The Morgan fingerprint density at radius 3 is 2.86 bits per heavy atom. The molecular formula is C17H26N2OS. The van der Waals surface area contributed by atoms with Crippen LogP contribution >= 0.6 is 11.8 Å². The largest absolute Gasteiger partial charge is 0.473 e. The van der Waals surface area contributed by atoms with Gasteiger partial charge >= 0.3 is 0 Å². The van der Waals surface area contributed by atoms with E-state index in [1.165, 1.54) is 31.5 Å². The van der Waals surface area contributed by atoms with Gasteiger partial charge in [-0.15, -0.1) is 6.58 Å². The smallest absolute Gasteiger partial charge is 0.213 e. The summed E-state index contributed by atoms with van der Waals surface area (Å²) in [5.41, 5.74) is 1.25. The molecule has 4 heteroatoms. The van der Waals surface area contributed by atoms with Gasteiger partial charge in [0.15, 0.2) is 0 Å². The lowest BCUT2D eigenvalue weighted by atomic mass is 10.2. The summed E-state index contributed by atoms with van der Waals surface area (Å²) in [5, 5.41) is 0. The van der Waals surface area contributed by atoms with Gasteiger partial charge in [-0.2, -0.15) is 11.8 Å². The molecule has 3 nitrogen and oxygen atoms in total. The van der Waals surface area contributed by atoms with Crippen LogP contribution in [-0.4, -0.2) is 41.9 Å². The van der Waals surface area contributed by atoms with Crippen molar-refractivity contribution in [3.8, 4) is 5.88 Å². The number of hydrogen-bond acceptors (Lipinski definition) is 4. The second-order valence-corrected chi connectivity index (χ2v) is 6.42. The topological polar surface area (TPSA) is 25.4 Å². The Balaban J connectivity index is 1.90. The highest BCUT2D eigenvalue weighted by atomic mass is 32.2. The lowest BCUT2D eigenvalue weighted by molar-refractivity contribution is 0.134. The number of ether oxygens (including phenoxy) is 1. The molecule has 0 bridgehead atoms. The molecule has 21 heavy (non-hydrogen) atoms. The van der Waals surface area contributed by atoms with Crippen LogP contribution in [-0.2, 0) is 5.75 Å². The first-order valence-corrected chi connectivity index (χ1v) is 9.15. The molecule has 1 unspecified atom stereocenters. The fourth-order valence-electron chi connectivity index (χ4n) is 2.65. The highest BCUT2D eigenvalue weighted by Crippen LogP contribution is 2.17. The first-order chi connectivity index (χ1) is 10.3. The average molecular weight is 306 g/mol. The van der Waals surface area contributed by atoms with Crippen molar-refractivity contribution in [3.63, 3.8) is 0 Å². The van der Waals surface area contributed by atoms with E-state index in [0.717, 1.165) is 31.0 Å². The monoisotopic (exact) mass is 306 g/mol. The Morgan fingerprint density at radius 1 is 1.43 bits per heavy atom. The Labute approximate surface area is 132 Å². The van der Waals surface area contributed by atoms with E-state index in [1.54, 1.807) is 0 Å². The minimum absolute atomic E-state index is 0.208. The summed E-state index contributed by atoms with van der Waals surface area (Å²) in [6, 6.07) is 4.11. The minimum atomic E-state index is 0.208. The summed E-state index contributed by atoms with van der Waals surface area (Å²) in [4.78, 5) is 6.94. The van der Waals surface area contributed by atoms with E-state index in [4.69, 9.17) is 4.74 Å². The number of hydrogen-bond donors (Lipinski definition) is 0. The average Bonchev–Trinajstić information content (AvgIpc) is 3.00. The Hall–Kier alpha value is -1.00. The van der Waals surface area contributed by atoms with E-state index < -0.39 is 0 Å². The summed E-state index contributed by atoms with van der Waals surface area (Å²) in [6.07, 6.45) is 10.8. The van der Waals surface area contributed by atoms with Crippen molar-refractivity contribution in [2.75, 3.05) is 25.9 Å². The predicted molar refractivity (Wildman–Crippen MR) is 91.0 cm³/mol. The van der Waals surface area contributed by atoms with E-state index >= 15 is 0 Å². The standard InChI is InChI=1S/C17H26N2OS/c1-3-4-7-16(13-19-10-5-6-11-19)20-17-9-8-15(12-18-17)14-21-2/h3,8-9,12,16H,1,4-7,10-11,13-14H2,2H3. The second-order valence-electron chi connectivity index (χ2n) is 5.55. The molecule has 1 saturated heterocycles. The van der Waals surface area contributed by atoms with E-state index in [0.29, 0.717) is 0 Å². The van der Waals surface area contributed by atoms with Crippen LogP contribution in [0, 0.1) is 0 Å². The molecule has 0 aromatic carbocycles. The summed E-state index contributed by atoms with van der Waals surface area (Å²) in [7, 11) is 0. The zero-order valence-electron chi connectivity index (χ0n) is 13.0. The number of likely N-dealkylation sites (tertiary alicyclic amines) is 1. The number of pyridine rings is 1. The first-order valence-electron chi connectivity index (χ1n) is 7.75. The number of rotatable bonds is 9. The third kappa shape index (κ3) is 5.71. The second kappa shape index (κ2) is 9.11. The zero-order valence-corrected chi connectivity index (χ0v) is 13.8. The molecule has 0 radical (unpaired) electrons. The van der Waals surface area contributed by atoms with Crippen LogP contribution in [0.2, 0.25) is 0 Å². The fourth-order valence-corrected chi connectivity index (χ4v) is 3.15. The number of nitrogens with zero attached hydrogens (tertiary/aromatic N) is 2. The van der Waals surface area contributed by atoms with Crippen LogP contribution in [0.5, 0.6) is 5.88 Å². The Kier molecular flexibility index (Phi) is 7.10. The number of aromatic nitrogens is 1. The van der Waals surface area contributed by atoms with Crippen molar-refractivity contribution in [1.82, 2.24) is 9.88 Å². The van der Waals surface area contributed by atoms with Crippen molar-refractivity contribution >= 4 is 11.8 Å². The molecule has 1 fully saturated rings. The lowest BCUT2D eigenvalue weighted by Gasteiger charge is -2.23. The Bertz CT molecular complexity index is 415. The van der Waals surface area contributed by atoms with Crippen molar-refractivity contribution < 1.29 is 4.74 Å². The SMILES string of the molecule is C=CCCC(CN1CCCC1)Oc1ccc(CSC)cn1. The van der Waals surface area contributed by atoms with Crippen LogP contribution in [0.15, 0.2) is 31.0 Å². The molecule has 1 aliphatic rings. The van der Waals surface area contributed by atoms with Gasteiger partial charge in [-0.25, -0.2) is 4.98 Å². The van der Waals surface area contributed by atoms with Gasteiger partial charge in [0.2, 0.25) is 5.88 Å². The molecule has 1 aromatic heterocycles. The third-order valence-electron chi connectivity index (χ3n) is 3.75. The molecular weight excluding hydrogens is 280 g/mol. The molecule has 1 aliphatic heterocycles. The van der Waals surface area contributed by atoms with Crippen molar-refractivity contribution in [1.29, 1.82) is 0 Å². The normalized spacial score (nSPS) is 16.8. The van der Waals surface area contributed by atoms with Gasteiger partial charge in [0.25, 0.3) is 0 Å². The highest BCUT2D eigenvalue weighted by Gasteiger charge is 2.18. The number of thioether (sulfide) groups is 1. The molecule has 0 aliphatic carbocycles. The van der Waals surface area contributed by atoms with Crippen LogP contribution < -0.4 is 4.74 Å². The van der Waals surface area contributed by atoms with Crippen LogP contribution in [0.1, 0.15) is 31.2 Å². The van der Waals surface area contributed by atoms with Gasteiger partial charge in [-0.1, -0.05) is 12.1 Å². The molecule has 0 spiro atoms. The van der Waals surface area contributed by atoms with Crippen LogP contribution in [0.3, 0.4) is 0 Å². The van der Waals surface area contributed by atoms with E-state index in [-0.39, 0.29) is 6.10 Å². The van der Waals surface area contributed by atoms with Crippen LogP contribution in [0.25, 0.3) is 0 Å². The van der Waals surface area contributed by atoms with Gasteiger partial charge < -0.3 is 4.74 Å². The van der Waals surface area contributed by atoms with Gasteiger partial charge in [0.1, 0.15) is 6.10 Å². The molecule has 2 heterocycles. The number of allylic oxidation sites excluding steroid dienone is 1. The van der Waals surface area contributed by atoms with Gasteiger partial charge in [0.05, 0.1) is 0 Å². The predicted octanol–water partition coefficient (Wildman–Crippen LogP) is 3.75. The van der Waals surface area contributed by atoms with E-state index in [9.17, 15) is 0 Å². The molecule has 2 rings (SSSR count). The molecule has 0 amide bonds. The summed E-state index contributed by atoms with van der Waals surface area (Å²) in [6.45, 7) is 7.22. The fraction of sp³-hybridized carbons (Fsp3) is 0.588. The van der Waals surface area contributed by atoms with Crippen molar-refractivity contribution in [2.24, 2.45) is 0 Å². The highest BCUT2D eigenvalue weighted by molar-refractivity contribution is 7.97. The van der Waals surface area contributed by atoms with E-state index in [2.05, 4.69) is 28.8 Å². The third-order valence-corrected chi connectivity index (χ3v) is 4.37. The van der Waals surface area contributed by atoms with Crippen molar-refractivity contribution in [2.45, 2.75) is 37.5 Å².